The summed E-state index contributed by atoms with van der Waals surface area (Å²) in [5, 5.41) is 3.16. The van der Waals surface area contributed by atoms with Crippen molar-refractivity contribution in [3.63, 3.8) is 0 Å². The Bertz CT molecular complexity index is 671. The first-order chi connectivity index (χ1) is 14.2. The van der Waals surface area contributed by atoms with Crippen molar-refractivity contribution in [3.05, 3.63) is 53.8 Å². The summed E-state index contributed by atoms with van der Waals surface area (Å²) in [5.74, 6) is 1.17. The topological polar surface area (TPSA) is 38.3 Å². The Labute approximate surface area is 185 Å². The molecule has 168 valence electrons. The summed E-state index contributed by atoms with van der Waals surface area (Å²) in [6, 6.07) is 8.28. The highest BCUT2D eigenvalue weighted by Crippen LogP contribution is 2.36. The maximum absolute atomic E-state index is 10.8. The first-order valence-corrected chi connectivity index (χ1v) is 11.5. The fourth-order valence-corrected chi connectivity index (χ4v) is 3.60. The van der Waals surface area contributed by atoms with E-state index in [-0.39, 0.29) is 11.2 Å². The van der Waals surface area contributed by atoms with Crippen molar-refractivity contribution < 1.29 is 9.53 Å². The number of carbonyl (C=O) groups is 1. The highest BCUT2D eigenvalue weighted by Gasteiger charge is 2.24. The normalized spacial score (nSPS) is 15.0. The molecular formula is C27H43NO2. The molecule has 1 N–H and O–H groups in total. The lowest BCUT2D eigenvalue weighted by atomic mass is 9.77. The lowest BCUT2D eigenvalue weighted by Crippen LogP contribution is -2.27. The van der Waals surface area contributed by atoms with Crippen molar-refractivity contribution in [2.24, 2.45) is 5.41 Å². The molecular weight excluding hydrogens is 370 g/mol. The third-order valence-corrected chi connectivity index (χ3v) is 5.10. The number of Topliss-reactive ketones (excluding diaryl/α,β-unsaturated/α-hetero) is 1. The van der Waals surface area contributed by atoms with E-state index in [1.54, 1.807) is 6.92 Å². The van der Waals surface area contributed by atoms with E-state index in [0.29, 0.717) is 6.54 Å². The second kappa shape index (κ2) is 14.1. The number of ether oxygens (including phenoxy) is 1. The third-order valence-electron chi connectivity index (χ3n) is 5.10. The first kappa shape index (κ1) is 26.0. The second-order valence-electron chi connectivity index (χ2n) is 9.33. The van der Waals surface area contributed by atoms with Crippen LogP contribution in [0.25, 0.3) is 0 Å². The molecule has 0 unspecified atom stereocenters. The summed E-state index contributed by atoms with van der Waals surface area (Å²) in [6.07, 6.45) is 12.0. The van der Waals surface area contributed by atoms with Crippen molar-refractivity contribution in [1.29, 1.82) is 0 Å². The number of allylic oxidation sites excluding steroid dienone is 3. The molecule has 0 saturated carbocycles. The van der Waals surface area contributed by atoms with E-state index in [1.807, 2.05) is 12.1 Å². The maximum Gasteiger partial charge on any atom is 0.148 e. The Morgan fingerprint density at radius 3 is 2.30 bits per heavy atom. The van der Waals surface area contributed by atoms with Gasteiger partial charge in [-0.1, -0.05) is 82.7 Å². The molecule has 1 aromatic carbocycles. The van der Waals surface area contributed by atoms with Crippen LogP contribution in [0.1, 0.15) is 84.6 Å². The number of carbonyl (C=O) groups excluding carboxylic acids is 1. The number of nitrogens with one attached hydrogen (secondary N) is 1. The Kier molecular flexibility index (Phi) is 12.2. The number of hydrogen-bond acceptors (Lipinski definition) is 3. The van der Waals surface area contributed by atoms with Crippen molar-refractivity contribution in [2.75, 3.05) is 13.2 Å². The molecule has 1 aliphatic carbocycles. The average Bonchev–Trinajstić information content (AvgIpc) is 2.66. The van der Waals surface area contributed by atoms with Gasteiger partial charge in [0.1, 0.15) is 11.5 Å². The molecule has 0 atom stereocenters. The van der Waals surface area contributed by atoms with Gasteiger partial charge in [-0.2, -0.15) is 0 Å². The largest absolute Gasteiger partial charge is 0.494 e. The summed E-state index contributed by atoms with van der Waals surface area (Å²) < 4.78 is 5.67. The first-order valence-electron chi connectivity index (χ1n) is 11.5. The molecule has 0 fully saturated rings. The molecule has 0 amide bonds. The van der Waals surface area contributed by atoms with E-state index >= 15 is 0 Å². The molecule has 2 rings (SSSR count). The van der Waals surface area contributed by atoms with Crippen molar-refractivity contribution in [3.8, 4) is 5.75 Å². The quantitative estimate of drug-likeness (QED) is 0.391. The van der Waals surface area contributed by atoms with Crippen molar-refractivity contribution in [1.82, 2.24) is 5.32 Å². The van der Waals surface area contributed by atoms with Crippen molar-refractivity contribution >= 4 is 5.78 Å². The van der Waals surface area contributed by atoms with Gasteiger partial charge in [-0.05, 0) is 56.7 Å². The van der Waals surface area contributed by atoms with Gasteiger partial charge in [0.2, 0.25) is 0 Å². The van der Waals surface area contributed by atoms with E-state index < -0.39 is 0 Å². The van der Waals surface area contributed by atoms with Crippen LogP contribution in [-0.2, 0) is 4.79 Å². The Hall–Kier alpha value is -2.03. The minimum atomic E-state index is 0.167. The minimum Gasteiger partial charge on any atom is -0.494 e. The van der Waals surface area contributed by atoms with Gasteiger partial charge in [0.05, 0.1) is 13.2 Å². The highest BCUT2D eigenvalue weighted by atomic mass is 16.5. The van der Waals surface area contributed by atoms with Gasteiger partial charge in [0.25, 0.3) is 0 Å². The molecule has 0 saturated heterocycles. The molecule has 0 aliphatic heterocycles. The van der Waals surface area contributed by atoms with Gasteiger partial charge >= 0.3 is 0 Å². The summed E-state index contributed by atoms with van der Waals surface area (Å²) in [7, 11) is 0. The second-order valence-corrected chi connectivity index (χ2v) is 9.33. The van der Waals surface area contributed by atoms with E-state index in [9.17, 15) is 4.79 Å². The van der Waals surface area contributed by atoms with Crippen LogP contribution < -0.4 is 10.1 Å². The number of hydrogen-bond donors (Lipinski definition) is 1. The smallest absolute Gasteiger partial charge is 0.148 e. The third kappa shape index (κ3) is 12.5. The fourth-order valence-electron chi connectivity index (χ4n) is 3.60. The molecule has 0 spiro atoms. The van der Waals surface area contributed by atoms with Gasteiger partial charge in [-0.25, -0.2) is 0 Å². The van der Waals surface area contributed by atoms with Gasteiger partial charge in [0, 0.05) is 5.70 Å². The fraction of sp³-hybridized carbons (Fsp3) is 0.593. The Morgan fingerprint density at radius 2 is 1.70 bits per heavy atom. The summed E-state index contributed by atoms with van der Waals surface area (Å²) in [5.41, 5.74) is 3.84. The zero-order valence-corrected chi connectivity index (χ0v) is 20.0. The summed E-state index contributed by atoms with van der Waals surface area (Å²) >= 11 is 0. The van der Waals surface area contributed by atoms with E-state index in [1.165, 1.54) is 44.1 Å². The molecule has 0 aromatic heterocycles. The van der Waals surface area contributed by atoms with Gasteiger partial charge in [0.15, 0.2) is 0 Å². The van der Waals surface area contributed by atoms with Gasteiger partial charge < -0.3 is 10.1 Å². The number of benzene rings is 1. The summed E-state index contributed by atoms with van der Waals surface area (Å²) in [4.78, 5) is 10.8. The summed E-state index contributed by atoms with van der Waals surface area (Å²) in [6.45, 7) is 15.7. The van der Waals surface area contributed by atoms with E-state index in [4.69, 9.17) is 4.74 Å². The number of rotatable bonds is 11. The van der Waals surface area contributed by atoms with Crippen LogP contribution in [0, 0.1) is 12.3 Å². The standard InChI is InChI=1S/C15H24O.C12H19NO/c1-3-4-5-6-7-8-13-16-15-11-9-14(2)10-12-15;1-9-5-11(13-8-10(2)14)7-12(3,4)6-9/h9-12H,3-8,13H2,1-2H3;5,13H,1,6-8H2,2-4H3. The highest BCUT2D eigenvalue weighted by molar-refractivity contribution is 5.77. The minimum absolute atomic E-state index is 0.167. The predicted octanol–water partition coefficient (Wildman–Crippen LogP) is 7.16. The van der Waals surface area contributed by atoms with Crippen LogP contribution >= 0.6 is 0 Å². The Balaban J connectivity index is 0.000000303. The van der Waals surface area contributed by atoms with Crippen LogP contribution in [0.15, 0.2) is 48.2 Å². The number of ketones is 1. The zero-order valence-electron chi connectivity index (χ0n) is 20.0. The lowest BCUT2D eigenvalue weighted by molar-refractivity contribution is -0.116. The van der Waals surface area contributed by atoms with Crippen LogP contribution in [0.3, 0.4) is 0 Å². The monoisotopic (exact) mass is 413 g/mol. The van der Waals surface area contributed by atoms with E-state index in [2.05, 4.69) is 57.8 Å². The Morgan fingerprint density at radius 1 is 1.07 bits per heavy atom. The van der Waals surface area contributed by atoms with Gasteiger partial charge in [-0.15, -0.1) is 0 Å². The molecule has 1 aliphatic rings. The molecule has 0 bridgehead atoms. The predicted molar refractivity (Wildman–Crippen MR) is 129 cm³/mol. The van der Waals surface area contributed by atoms with E-state index in [0.717, 1.165) is 36.5 Å². The number of unbranched alkanes of at least 4 members (excludes halogenated alkanes) is 5. The maximum atomic E-state index is 10.8. The molecule has 0 heterocycles. The SMILES string of the molecule is C=C1C=C(NCC(C)=O)CC(C)(C)C1.CCCCCCCCOc1ccc(C)cc1. The molecule has 3 nitrogen and oxygen atoms in total. The molecule has 3 heteroatoms. The average molecular weight is 414 g/mol. The van der Waals surface area contributed by atoms with Crippen molar-refractivity contribution in [2.45, 2.75) is 86.0 Å². The molecule has 1 aromatic rings. The van der Waals surface area contributed by atoms with Crippen LogP contribution in [-0.4, -0.2) is 18.9 Å². The van der Waals surface area contributed by atoms with Crippen LogP contribution in [0.5, 0.6) is 5.75 Å². The zero-order chi connectivity index (χ0) is 22.4. The van der Waals surface area contributed by atoms with Crippen LogP contribution in [0.2, 0.25) is 0 Å². The molecule has 0 radical (unpaired) electrons. The van der Waals surface area contributed by atoms with Crippen LogP contribution in [0.4, 0.5) is 0 Å². The molecule has 30 heavy (non-hydrogen) atoms. The van der Waals surface area contributed by atoms with Gasteiger partial charge in [-0.3, -0.25) is 4.79 Å². The number of aryl methyl sites for hydroxylation is 1. The lowest BCUT2D eigenvalue weighted by Gasteiger charge is -2.31.